The van der Waals surface area contributed by atoms with Crippen LogP contribution in [0.5, 0.6) is 0 Å². The molecule has 3 atom stereocenters. The number of carbonyl (C=O) groups is 1. The summed E-state index contributed by atoms with van der Waals surface area (Å²) < 4.78 is 14.2. The van der Waals surface area contributed by atoms with E-state index in [0.717, 1.165) is 69.1 Å². The van der Waals surface area contributed by atoms with Gasteiger partial charge in [0, 0.05) is 13.2 Å². The Morgan fingerprint density at radius 2 is 2.23 bits per heavy atom. The van der Waals surface area contributed by atoms with E-state index in [1.807, 2.05) is 23.4 Å². The summed E-state index contributed by atoms with van der Waals surface area (Å²) >= 11 is 0. The molecule has 3 fully saturated rings. The van der Waals surface area contributed by atoms with Crippen molar-refractivity contribution in [2.75, 3.05) is 19.7 Å². The molecule has 2 aromatic rings. The fourth-order valence-electron chi connectivity index (χ4n) is 5.82. The highest BCUT2D eigenvalue weighted by Crippen LogP contribution is 2.42. The van der Waals surface area contributed by atoms with Gasteiger partial charge in [0.15, 0.2) is 0 Å². The number of benzene rings is 1. The van der Waals surface area contributed by atoms with E-state index in [9.17, 15) is 10.1 Å². The van der Waals surface area contributed by atoms with E-state index >= 15 is 0 Å². The lowest BCUT2D eigenvalue weighted by Gasteiger charge is -2.36. The van der Waals surface area contributed by atoms with Crippen LogP contribution in [0.4, 0.5) is 4.79 Å². The summed E-state index contributed by atoms with van der Waals surface area (Å²) in [5, 5.41) is 9.23. The molecule has 31 heavy (non-hydrogen) atoms. The Kier molecular flexibility index (Phi) is 5.13. The molecule has 5 rings (SSSR count). The molecule has 2 aliphatic heterocycles. The van der Waals surface area contributed by atoms with Gasteiger partial charge in [0.25, 0.3) is 0 Å². The fourth-order valence-corrected chi connectivity index (χ4v) is 5.82. The molecule has 7 nitrogen and oxygen atoms in total. The molecule has 3 aliphatic rings. The molecule has 1 saturated carbocycles. The van der Waals surface area contributed by atoms with Crippen molar-refractivity contribution < 1.29 is 14.3 Å². The number of amides is 1. The van der Waals surface area contributed by atoms with Gasteiger partial charge in [0.05, 0.1) is 47.7 Å². The Balaban J connectivity index is 1.29. The summed E-state index contributed by atoms with van der Waals surface area (Å²) in [6, 6.07) is 7.82. The first kappa shape index (κ1) is 20.3. The first-order valence-corrected chi connectivity index (χ1v) is 11.5. The molecule has 164 valence electrons. The summed E-state index contributed by atoms with van der Waals surface area (Å²) in [5.74, 6) is 0.410. The van der Waals surface area contributed by atoms with Crippen LogP contribution in [0.15, 0.2) is 24.5 Å². The van der Waals surface area contributed by atoms with Gasteiger partial charge < -0.3 is 18.9 Å². The maximum atomic E-state index is 12.8. The second kappa shape index (κ2) is 7.83. The molecule has 3 unspecified atom stereocenters. The fraction of sp³-hybridized carbons (Fsp3) is 0.625. The van der Waals surface area contributed by atoms with Gasteiger partial charge in [-0.2, -0.15) is 5.26 Å². The van der Waals surface area contributed by atoms with Crippen molar-refractivity contribution in [1.29, 1.82) is 5.26 Å². The van der Waals surface area contributed by atoms with Crippen LogP contribution in [0.2, 0.25) is 0 Å². The molecule has 1 aromatic heterocycles. The standard InChI is InChI=1S/C24H30N4O3/c1-2-23(9-4-10-30-23)15-28-16-24(31-22(28)29)8-3-5-19(12-24)14-27-17-26-20-7-6-18(13-25)11-21(20)27/h6-7,11,17,19H,2-5,8-10,12,14-16H2,1H3. The number of fused-ring (bicyclic) bond motifs is 1. The minimum Gasteiger partial charge on any atom is -0.441 e. The Labute approximate surface area is 182 Å². The van der Waals surface area contributed by atoms with Crippen LogP contribution in [-0.2, 0) is 16.0 Å². The van der Waals surface area contributed by atoms with Gasteiger partial charge in [-0.1, -0.05) is 6.92 Å². The van der Waals surface area contributed by atoms with Crippen molar-refractivity contribution in [2.24, 2.45) is 5.92 Å². The SMILES string of the molecule is CCC1(CN2CC3(CCCC(Cn4cnc5ccc(C#N)cc54)C3)OC2=O)CCCO1. The predicted octanol–water partition coefficient (Wildman–Crippen LogP) is 4.25. The molecule has 1 aromatic carbocycles. The summed E-state index contributed by atoms with van der Waals surface area (Å²) in [7, 11) is 0. The van der Waals surface area contributed by atoms with Crippen LogP contribution >= 0.6 is 0 Å². The average Bonchev–Trinajstić information content (AvgIpc) is 3.47. The van der Waals surface area contributed by atoms with Crippen molar-refractivity contribution in [3.8, 4) is 6.07 Å². The quantitative estimate of drug-likeness (QED) is 0.720. The van der Waals surface area contributed by atoms with Crippen LogP contribution in [0.1, 0.15) is 57.4 Å². The van der Waals surface area contributed by atoms with E-state index in [1.165, 1.54) is 0 Å². The third-order valence-corrected chi connectivity index (χ3v) is 7.46. The van der Waals surface area contributed by atoms with Gasteiger partial charge in [-0.25, -0.2) is 9.78 Å². The van der Waals surface area contributed by atoms with Crippen LogP contribution in [0, 0.1) is 17.2 Å². The van der Waals surface area contributed by atoms with Gasteiger partial charge in [-0.3, -0.25) is 0 Å². The zero-order chi connectivity index (χ0) is 21.5. The largest absolute Gasteiger partial charge is 0.441 e. The van der Waals surface area contributed by atoms with E-state index in [2.05, 4.69) is 22.5 Å². The number of ether oxygens (including phenoxy) is 2. The number of aromatic nitrogens is 2. The third kappa shape index (κ3) is 3.78. The van der Waals surface area contributed by atoms with E-state index in [4.69, 9.17) is 9.47 Å². The molecule has 0 radical (unpaired) electrons. The normalized spacial score (nSPS) is 30.8. The van der Waals surface area contributed by atoms with Gasteiger partial charge in [-0.05, 0) is 69.1 Å². The molecule has 1 aliphatic carbocycles. The van der Waals surface area contributed by atoms with Gasteiger partial charge >= 0.3 is 6.09 Å². The molecular weight excluding hydrogens is 392 g/mol. The average molecular weight is 423 g/mol. The Bertz CT molecular complexity index is 1020. The number of hydrogen-bond acceptors (Lipinski definition) is 5. The van der Waals surface area contributed by atoms with Crippen molar-refractivity contribution in [2.45, 2.75) is 69.6 Å². The molecule has 1 amide bonds. The number of imidazole rings is 1. The first-order valence-electron chi connectivity index (χ1n) is 11.5. The summed E-state index contributed by atoms with van der Waals surface area (Å²) in [6.45, 7) is 5.06. The lowest BCUT2D eigenvalue weighted by atomic mass is 9.77. The molecule has 2 saturated heterocycles. The minimum atomic E-state index is -0.387. The smallest absolute Gasteiger partial charge is 0.410 e. The summed E-state index contributed by atoms with van der Waals surface area (Å²) in [5.41, 5.74) is 1.96. The second-order valence-electron chi connectivity index (χ2n) is 9.57. The molecule has 3 heterocycles. The predicted molar refractivity (Wildman–Crippen MR) is 115 cm³/mol. The van der Waals surface area contributed by atoms with Crippen molar-refractivity contribution in [3.63, 3.8) is 0 Å². The lowest BCUT2D eigenvalue weighted by molar-refractivity contribution is -0.0174. The van der Waals surface area contributed by atoms with Crippen LogP contribution in [0.25, 0.3) is 11.0 Å². The molecule has 0 N–H and O–H groups in total. The lowest BCUT2D eigenvalue weighted by Crippen LogP contribution is -2.45. The van der Waals surface area contributed by atoms with E-state index < -0.39 is 0 Å². The maximum absolute atomic E-state index is 12.8. The van der Waals surface area contributed by atoms with Crippen molar-refractivity contribution in [1.82, 2.24) is 14.5 Å². The molecular formula is C24H30N4O3. The molecule has 0 bridgehead atoms. The summed E-state index contributed by atoms with van der Waals surface area (Å²) in [6.07, 6.45) is 8.64. The molecule has 7 heteroatoms. The topological polar surface area (TPSA) is 80.4 Å². The zero-order valence-electron chi connectivity index (χ0n) is 18.2. The monoisotopic (exact) mass is 422 g/mol. The van der Waals surface area contributed by atoms with Crippen LogP contribution in [0.3, 0.4) is 0 Å². The number of rotatable bonds is 5. The number of nitrogens with zero attached hydrogens (tertiary/aromatic N) is 4. The van der Waals surface area contributed by atoms with E-state index in [-0.39, 0.29) is 17.3 Å². The number of carbonyl (C=O) groups excluding carboxylic acids is 1. The van der Waals surface area contributed by atoms with Crippen LogP contribution in [-0.4, -0.2) is 51.4 Å². The maximum Gasteiger partial charge on any atom is 0.410 e. The Morgan fingerprint density at radius 3 is 3.00 bits per heavy atom. The van der Waals surface area contributed by atoms with Crippen molar-refractivity contribution >= 4 is 17.1 Å². The first-order chi connectivity index (χ1) is 15.0. The van der Waals surface area contributed by atoms with E-state index in [0.29, 0.717) is 24.6 Å². The van der Waals surface area contributed by atoms with Crippen LogP contribution < -0.4 is 0 Å². The number of nitriles is 1. The van der Waals surface area contributed by atoms with Gasteiger partial charge in [0.2, 0.25) is 0 Å². The zero-order valence-corrected chi connectivity index (χ0v) is 18.2. The van der Waals surface area contributed by atoms with Gasteiger partial charge in [-0.15, -0.1) is 0 Å². The highest BCUT2D eigenvalue weighted by molar-refractivity contribution is 5.77. The number of hydrogen-bond donors (Lipinski definition) is 0. The summed E-state index contributed by atoms with van der Waals surface area (Å²) in [4.78, 5) is 19.1. The van der Waals surface area contributed by atoms with Gasteiger partial charge in [0.1, 0.15) is 5.60 Å². The minimum absolute atomic E-state index is 0.185. The molecule has 1 spiro atoms. The van der Waals surface area contributed by atoms with E-state index in [1.54, 1.807) is 6.07 Å². The Morgan fingerprint density at radius 1 is 1.32 bits per heavy atom. The highest BCUT2D eigenvalue weighted by atomic mass is 16.6. The third-order valence-electron chi connectivity index (χ3n) is 7.46. The Hall–Kier alpha value is -2.59. The highest BCUT2D eigenvalue weighted by Gasteiger charge is 2.50. The second-order valence-corrected chi connectivity index (χ2v) is 9.57. The van der Waals surface area contributed by atoms with Crippen molar-refractivity contribution in [3.05, 3.63) is 30.1 Å².